The molecule has 0 aromatic heterocycles. The van der Waals surface area contributed by atoms with Crippen LogP contribution in [0.5, 0.6) is 0 Å². The van der Waals surface area contributed by atoms with Crippen molar-refractivity contribution < 1.29 is 22.7 Å². The van der Waals surface area contributed by atoms with Gasteiger partial charge in [-0.15, -0.1) is 0 Å². The molecular weight excluding hydrogens is 342 g/mol. The first-order valence-electron chi connectivity index (χ1n) is 7.78. The second-order valence-corrected chi connectivity index (χ2v) is 7.52. The fraction of sp³-hybridized carbons (Fsp3) is 0.222. The molecule has 1 heterocycles. The van der Waals surface area contributed by atoms with Crippen LogP contribution in [0, 0.1) is 12.8 Å². The van der Waals surface area contributed by atoms with Crippen molar-refractivity contribution in [3.63, 3.8) is 0 Å². The molecule has 25 heavy (non-hydrogen) atoms. The van der Waals surface area contributed by atoms with Gasteiger partial charge in [0.05, 0.1) is 17.2 Å². The number of cyclic esters (lactones) is 1. The highest BCUT2D eigenvalue weighted by Crippen LogP contribution is 2.26. The van der Waals surface area contributed by atoms with E-state index in [4.69, 9.17) is 4.74 Å². The highest BCUT2D eigenvalue weighted by atomic mass is 32.2. The maximum Gasteiger partial charge on any atom is 0.316 e. The van der Waals surface area contributed by atoms with Crippen molar-refractivity contribution in [2.75, 3.05) is 11.3 Å². The Morgan fingerprint density at radius 2 is 1.80 bits per heavy atom. The summed E-state index contributed by atoms with van der Waals surface area (Å²) in [6, 6.07) is 12.6. The summed E-state index contributed by atoms with van der Waals surface area (Å²) in [6.45, 7) is 2.06. The van der Waals surface area contributed by atoms with Crippen molar-refractivity contribution >= 4 is 27.5 Å². The van der Waals surface area contributed by atoms with Gasteiger partial charge in [-0.3, -0.25) is 14.3 Å². The van der Waals surface area contributed by atoms with E-state index in [1.165, 1.54) is 24.3 Å². The molecule has 2 aromatic carbocycles. The largest absolute Gasteiger partial charge is 0.465 e. The SMILES string of the molecule is Cc1ccc(S(=O)(=O)Nc2ccccc2C(=O)C2CCOC2=O)cc1. The molecule has 0 spiro atoms. The lowest BCUT2D eigenvalue weighted by Gasteiger charge is -2.13. The molecule has 1 atom stereocenters. The molecule has 0 amide bonds. The highest BCUT2D eigenvalue weighted by Gasteiger charge is 2.35. The minimum Gasteiger partial charge on any atom is -0.465 e. The molecule has 130 valence electrons. The Morgan fingerprint density at radius 1 is 1.12 bits per heavy atom. The summed E-state index contributed by atoms with van der Waals surface area (Å²) in [6.07, 6.45) is 0.302. The number of sulfonamides is 1. The molecule has 1 aliphatic rings. The fourth-order valence-corrected chi connectivity index (χ4v) is 3.71. The van der Waals surface area contributed by atoms with Gasteiger partial charge in [0.1, 0.15) is 5.92 Å². The number of aryl methyl sites for hydroxylation is 1. The molecule has 1 fully saturated rings. The molecule has 0 aliphatic carbocycles. The number of nitrogens with one attached hydrogen (secondary N) is 1. The Kier molecular flexibility index (Phi) is 4.59. The fourth-order valence-electron chi connectivity index (χ4n) is 2.63. The molecule has 6 nitrogen and oxygen atoms in total. The summed E-state index contributed by atoms with van der Waals surface area (Å²) in [5.74, 6) is -1.89. The van der Waals surface area contributed by atoms with E-state index in [0.29, 0.717) is 6.42 Å². The number of esters is 1. The topological polar surface area (TPSA) is 89.5 Å². The lowest BCUT2D eigenvalue weighted by Crippen LogP contribution is -2.22. The van der Waals surface area contributed by atoms with Crippen LogP contribution in [-0.2, 0) is 19.6 Å². The first kappa shape index (κ1) is 17.2. The summed E-state index contributed by atoms with van der Waals surface area (Å²) >= 11 is 0. The maximum atomic E-state index is 12.6. The van der Waals surface area contributed by atoms with Crippen molar-refractivity contribution in [2.24, 2.45) is 5.92 Å². The van der Waals surface area contributed by atoms with Crippen molar-refractivity contribution in [1.29, 1.82) is 0 Å². The number of carbonyl (C=O) groups is 2. The predicted molar refractivity (Wildman–Crippen MR) is 91.8 cm³/mol. The van der Waals surface area contributed by atoms with Crippen LogP contribution in [0.3, 0.4) is 0 Å². The number of benzene rings is 2. The minimum absolute atomic E-state index is 0.0978. The number of ether oxygens (including phenoxy) is 1. The van der Waals surface area contributed by atoms with Gasteiger partial charge in [0.2, 0.25) is 0 Å². The van der Waals surface area contributed by atoms with Crippen LogP contribution in [0.1, 0.15) is 22.3 Å². The van der Waals surface area contributed by atoms with E-state index in [9.17, 15) is 18.0 Å². The number of carbonyl (C=O) groups excluding carboxylic acids is 2. The molecule has 2 aromatic rings. The van der Waals surface area contributed by atoms with E-state index < -0.39 is 27.7 Å². The molecule has 1 saturated heterocycles. The number of hydrogen-bond acceptors (Lipinski definition) is 5. The minimum atomic E-state index is -3.84. The molecular formula is C18H17NO5S. The van der Waals surface area contributed by atoms with Crippen molar-refractivity contribution in [1.82, 2.24) is 0 Å². The normalized spacial score (nSPS) is 17.2. The molecule has 1 N–H and O–H groups in total. The third-order valence-corrected chi connectivity index (χ3v) is 5.40. The Hall–Kier alpha value is -2.67. The van der Waals surface area contributed by atoms with Gasteiger partial charge in [-0.1, -0.05) is 29.8 Å². The van der Waals surface area contributed by atoms with E-state index >= 15 is 0 Å². The average Bonchev–Trinajstić information content (AvgIpc) is 3.01. The Morgan fingerprint density at radius 3 is 2.44 bits per heavy atom. The quantitative estimate of drug-likeness (QED) is 0.503. The van der Waals surface area contributed by atoms with E-state index in [2.05, 4.69) is 4.72 Å². The lowest BCUT2D eigenvalue weighted by molar-refractivity contribution is -0.140. The first-order valence-corrected chi connectivity index (χ1v) is 9.26. The van der Waals surface area contributed by atoms with Crippen LogP contribution in [0.4, 0.5) is 5.69 Å². The third kappa shape index (κ3) is 3.56. The van der Waals surface area contributed by atoms with Crippen molar-refractivity contribution in [3.05, 3.63) is 59.7 Å². The van der Waals surface area contributed by atoms with Gasteiger partial charge >= 0.3 is 5.97 Å². The van der Waals surface area contributed by atoms with E-state index in [0.717, 1.165) is 5.56 Å². The number of para-hydroxylation sites is 1. The number of hydrogen-bond donors (Lipinski definition) is 1. The van der Waals surface area contributed by atoms with Gasteiger partial charge < -0.3 is 4.74 Å². The van der Waals surface area contributed by atoms with Gasteiger partial charge in [-0.25, -0.2) is 8.42 Å². The monoisotopic (exact) mass is 359 g/mol. The smallest absolute Gasteiger partial charge is 0.316 e. The van der Waals surface area contributed by atoms with E-state index in [1.807, 2.05) is 6.92 Å². The van der Waals surface area contributed by atoms with Crippen LogP contribution in [0.15, 0.2) is 53.4 Å². The molecule has 1 unspecified atom stereocenters. The van der Waals surface area contributed by atoms with Crippen LogP contribution in [0.25, 0.3) is 0 Å². The summed E-state index contributed by atoms with van der Waals surface area (Å²) in [5, 5.41) is 0. The molecule has 0 saturated carbocycles. The number of anilines is 1. The standard InChI is InChI=1S/C18H17NO5S/c1-12-6-8-13(9-7-12)25(22,23)19-16-5-3-2-4-14(16)17(20)15-10-11-24-18(15)21/h2-9,15,19H,10-11H2,1H3. The molecule has 1 aliphatic heterocycles. The molecule has 3 rings (SSSR count). The maximum absolute atomic E-state index is 12.6. The van der Waals surface area contributed by atoms with Gasteiger partial charge in [0, 0.05) is 12.0 Å². The van der Waals surface area contributed by atoms with E-state index in [-0.39, 0.29) is 22.8 Å². The zero-order chi connectivity index (χ0) is 18.0. The van der Waals surface area contributed by atoms with Gasteiger partial charge in [-0.05, 0) is 31.2 Å². The van der Waals surface area contributed by atoms with Crippen LogP contribution in [-0.4, -0.2) is 26.8 Å². The first-order chi connectivity index (χ1) is 11.9. The number of Topliss-reactive ketones (excluding diaryl/α,β-unsaturated/α-hetero) is 1. The number of rotatable bonds is 5. The molecule has 7 heteroatoms. The average molecular weight is 359 g/mol. The van der Waals surface area contributed by atoms with Crippen molar-refractivity contribution in [3.8, 4) is 0 Å². The summed E-state index contributed by atoms with van der Waals surface area (Å²) in [4.78, 5) is 24.4. The predicted octanol–water partition coefficient (Wildman–Crippen LogP) is 2.54. The third-order valence-electron chi connectivity index (χ3n) is 4.02. The Labute approximate surface area is 145 Å². The Bertz CT molecular complexity index is 919. The van der Waals surface area contributed by atoms with Crippen LogP contribution < -0.4 is 4.72 Å². The van der Waals surface area contributed by atoms with Gasteiger partial charge in [0.25, 0.3) is 10.0 Å². The lowest BCUT2D eigenvalue weighted by atomic mass is 9.95. The van der Waals surface area contributed by atoms with Gasteiger partial charge in [-0.2, -0.15) is 0 Å². The second-order valence-electron chi connectivity index (χ2n) is 5.84. The summed E-state index contributed by atoms with van der Waals surface area (Å²) in [7, 11) is -3.84. The van der Waals surface area contributed by atoms with Crippen LogP contribution in [0.2, 0.25) is 0 Å². The van der Waals surface area contributed by atoms with Gasteiger partial charge in [0.15, 0.2) is 5.78 Å². The second kappa shape index (κ2) is 6.68. The Balaban J connectivity index is 1.92. The van der Waals surface area contributed by atoms with Crippen molar-refractivity contribution in [2.45, 2.75) is 18.2 Å². The number of ketones is 1. The molecule has 0 bridgehead atoms. The zero-order valence-corrected chi connectivity index (χ0v) is 14.4. The van der Waals surface area contributed by atoms with E-state index in [1.54, 1.807) is 24.3 Å². The molecule has 0 radical (unpaired) electrons. The highest BCUT2D eigenvalue weighted by molar-refractivity contribution is 7.92. The summed E-state index contributed by atoms with van der Waals surface area (Å²) < 4.78 is 32.4. The van der Waals surface area contributed by atoms with Crippen LogP contribution >= 0.6 is 0 Å². The summed E-state index contributed by atoms with van der Waals surface area (Å²) in [5.41, 5.74) is 1.24. The zero-order valence-electron chi connectivity index (χ0n) is 13.6.